The van der Waals surface area contributed by atoms with Gasteiger partial charge in [-0.05, 0) is 23.8 Å². The van der Waals surface area contributed by atoms with Crippen LogP contribution in [0, 0.1) is 11.3 Å². The Hall–Kier alpha value is -2.98. The number of rotatable bonds is 6. The Bertz CT molecular complexity index is 837. The number of amides is 1. The van der Waals surface area contributed by atoms with Gasteiger partial charge in [0.25, 0.3) is 5.91 Å². The summed E-state index contributed by atoms with van der Waals surface area (Å²) < 4.78 is 5.31. The number of furan rings is 1. The molecule has 0 aliphatic heterocycles. The van der Waals surface area contributed by atoms with Gasteiger partial charge in [-0.2, -0.15) is 5.26 Å². The molecule has 3 rings (SSSR count). The maximum Gasteiger partial charge on any atom is 0.273 e. The van der Waals surface area contributed by atoms with Crippen LogP contribution in [0.25, 0.3) is 10.8 Å². The topological polar surface area (TPSA) is 83.0 Å². The van der Waals surface area contributed by atoms with E-state index in [1.165, 1.54) is 11.3 Å². The molecule has 120 valence electrons. The quantitative estimate of drug-likeness (QED) is 0.688. The van der Waals surface area contributed by atoms with Crippen LogP contribution in [0.2, 0.25) is 0 Å². The lowest BCUT2D eigenvalue weighted by molar-refractivity contribution is 0.0741. The molecule has 1 amide bonds. The third kappa shape index (κ3) is 3.67. The average Bonchev–Trinajstić information content (AvgIpc) is 3.29. The van der Waals surface area contributed by atoms with Gasteiger partial charge in [0.15, 0.2) is 10.8 Å². The molecule has 3 aromatic rings. The van der Waals surface area contributed by atoms with Crippen LogP contribution in [0.3, 0.4) is 0 Å². The van der Waals surface area contributed by atoms with E-state index < -0.39 is 0 Å². The summed E-state index contributed by atoms with van der Waals surface area (Å²) in [5, 5.41) is 11.2. The number of hydrogen-bond acceptors (Lipinski definition) is 6. The van der Waals surface area contributed by atoms with Crippen LogP contribution in [-0.4, -0.2) is 27.3 Å². The highest BCUT2D eigenvalue weighted by atomic mass is 32.1. The van der Waals surface area contributed by atoms with Crippen molar-refractivity contribution in [2.75, 3.05) is 6.54 Å². The van der Waals surface area contributed by atoms with Crippen molar-refractivity contribution in [2.45, 2.75) is 13.0 Å². The summed E-state index contributed by atoms with van der Waals surface area (Å²) in [6.07, 6.45) is 5.23. The van der Waals surface area contributed by atoms with Crippen molar-refractivity contribution in [1.82, 2.24) is 14.9 Å². The van der Waals surface area contributed by atoms with Gasteiger partial charge in [0.1, 0.15) is 5.69 Å². The smallest absolute Gasteiger partial charge is 0.273 e. The Balaban J connectivity index is 1.79. The van der Waals surface area contributed by atoms with Crippen molar-refractivity contribution in [2.24, 2.45) is 0 Å². The van der Waals surface area contributed by atoms with Gasteiger partial charge in [-0.3, -0.25) is 9.78 Å². The number of pyridine rings is 1. The van der Waals surface area contributed by atoms with E-state index in [1.807, 2.05) is 12.1 Å². The second-order valence-corrected chi connectivity index (χ2v) is 5.87. The fourth-order valence-corrected chi connectivity index (χ4v) is 2.96. The van der Waals surface area contributed by atoms with Crippen LogP contribution in [0.4, 0.5) is 0 Å². The van der Waals surface area contributed by atoms with Crippen molar-refractivity contribution < 1.29 is 9.21 Å². The fraction of sp³-hybridized carbons (Fsp3) is 0.176. The van der Waals surface area contributed by atoms with E-state index in [4.69, 9.17) is 9.68 Å². The molecule has 6 nitrogen and oxygen atoms in total. The van der Waals surface area contributed by atoms with Gasteiger partial charge in [-0.1, -0.05) is 6.07 Å². The zero-order valence-corrected chi connectivity index (χ0v) is 13.6. The predicted octanol–water partition coefficient (Wildman–Crippen LogP) is 3.35. The molecule has 0 aliphatic rings. The number of carbonyl (C=O) groups excluding carboxylic acids is 1. The molecular weight excluding hydrogens is 324 g/mol. The van der Waals surface area contributed by atoms with E-state index in [2.05, 4.69) is 16.0 Å². The van der Waals surface area contributed by atoms with Crippen molar-refractivity contribution in [3.63, 3.8) is 0 Å². The first kappa shape index (κ1) is 15.9. The second-order valence-electron chi connectivity index (χ2n) is 5.01. The van der Waals surface area contributed by atoms with Crippen LogP contribution in [0.15, 0.2) is 52.7 Å². The lowest BCUT2D eigenvalue weighted by Crippen LogP contribution is -2.31. The fourth-order valence-electron chi connectivity index (χ4n) is 2.20. The van der Waals surface area contributed by atoms with Gasteiger partial charge in [0, 0.05) is 30.9 Å². The van der Waals surface area contributed by atoms with Gasteiger partial charge >= 0.3 is 0 Å². The molecule has 0 saturated heterocycles. The normalized spacial score (nSPS) is 10.3. The largest absolute Gasteiger partial charge is 0.462 e. The van der Waals surface area contributed by atoms with E-state index in [1.54, 1.807) is 41.1 Å². The highest BCUT2D eigenvalue weighted by molar-refractivity contribution is 7.13. The number of hydrogen-bond donors (Lipinski definition) is 0. The molecule has 0 radical (unpaired) electrons. The molecule has 7 heteroatoms. The minimum absolute atomic E-state index is 0.205. The van der Waals surface area contributed by atoms with E-state index >= 15 is 0 Å². The van der Waals surface area contributed by atoms with Gasteiger partial charge < -0.3 is 9.32 Å². The third-order valence-electron chi connectivity index (χ3n) is 3.33. The molecule has 0 fully saturated rings. The predicted molar refractivity (Wildman–Crippen MR) is 89.0 cm³/mol. The molecule has 0 saturated carbocycles. The first-order valence-corrected chi connectivity index (χ1v) is 8.20. The van der Waals surface area contributed by atoms with Crippen molar-refractivity contribution in [3.05, 3.63) is 59.6 Å². The van der Waals surface area contributed by atoms with Crippen molar-refractivity contribution in [3.8, 4) is 16.8 Å². The standard InChI is InChI=1S/C17H14N4O2S/c18-6-3-8-21(11-13-4-1-7-19-10-13)17(22)14-12-24-16(20-14)15-5-2-9-23-15/h1-2,4-5,7,9-10,12H,3,8,11H2. The first-order valence-electron chi connectivity index (χ1n) is 7.32. The van der Waals surface area contributed by atoms with Crippen LogP contribution in [0.1, 0.15) is 22.5 Å². The Morgan fingerprint density at radius 2 is 2.29 bits per heavy atom. The van der Waals surface area contributed by atoms with Crippen molar-refractivity contribution in [1.29, 1.82) is 5.26 Å². The Morgan fingerprint density at radius 1 is 1.38 bits per heavy atom. The molecule has 0 unspecified atom stereocenters. The second kappa shape index (κ2) is 7.53. The summed E-state index contributed by atoms with van der Waals surface area (Å²) in [6.45, 7) is 0.736. The molecule has 0 N–H and O–H groups in total. The molecule has 3 aromatic heterocycles. The number of nitriles is 1. The minimum atomic E-state index is -0.205. The summed E-state index contributed by atoms with van der Waals surface area (Å²) in [4.78, 5) is 22.8. The lowest BCUT2D eigenvalue weighted by Gasteiger charge is -2.20. The Kier molecular flexibility index (Phi) is 4.99. The zero-order chi connectivity index (χ0) is 16.8. The van der Waals surface area contributed by atoms with Gasteiger partial charge in [-0.25, -0.2) is 4.98 Å². The van der Waals surface area contributed by atoms with E-state index in [-0.39, 0.29) is 12.3 Å². The third-order valence-corrected chi connectivity index (χ3v) is 4.19. The average molecular weight is 338 g/mol. The van der Waals surface area contributed by atoms with Gasteiger partial charge in [0.2, 0.25) is 0 Å². The molecule has 0 spiro atoms. The number of carbonyl (C=O) groups is 1. The van der Waals surface area contributed by atoms with Crippen LogP contribution in [-0.2, 0) is 6.54 Å². The molecule has 24 heavy (non-hydrogen) atoms. The summed E-state index contributed by atoms with van der Waals surface area (Å²) in [7, 11) is 0. The SMILES string of the molecule is N#CCCN(Cc1cccnc1)C(=O)c1csc(-c2ccco2)n1. The summed E-state index contributed by atoms with van der Waals surface area (Å²) in [6, 6.07) is 9.37. The number of aromatic nitrogens is 2. The first-order chi connectivity index (χ1) is 11.8. The van der Waals surface area contributed by atoms with Gasteiger partial charge in [0.05, 0.1) is 18.8 Å². The molecule has 0 aromatic carbocycles. The maximum atomic E-state index is 12.7. The van der Waals surface area contributed by atoms with Crippen LogP contribution in [0.5, 0.6) is 0 Å². The monoisotopic (exact) mass is 338 g/mol. The van der Waals surface area contributed by atoms with Crippen LogP contribution >= 0.6 is 11.3 Å². The molecule has 0 aliphatic carbocycles. The summed E-state index contributed by atoms with van der Waals surface area (Å²) >= 11 is 1.35. The molecule has 3 heterocycles. The summed E-state index contributed by atoms with van der Waals surface area (Å²) in [5.41, 5.74) is 1.26. The van der Waals surface area contributed by atoms with Gasteiger partial charge in [-0.15, -0.1) is 11.3 Å². The lowest BCUT2D eigenvalue weighted by atomic mass is 10.2. The van der Waals surface area contributed by atoms with E-state index in [0.29, 0.717) is 29.6 Å². The Morgan fingerprint density at radius 3 is 3.00 bits per heavy atom. The maximum absolute atomic E-state index is 12.7. The van der Waals surface area contributed by atoms with Crippen LogP contribution < -0.4 is 0 Å². The van der Waals surface area contributed by atoms with E-state index in [0.717, 1.165) is 5.56 Å². The highest BCUT2D eigenvalue weighted by Gasteiger charge is 2.20. The molecule has 0 atom stereocenters. The zero-order valence-electron chi connectivity index (χ0n) is 12.8. The minimum Gasteiger partial charge on any atom is -0.462 e. The van der Waals surface area contributed by atoms with E-state index in [9.17, 15) is 4.79 Å². The number of nitrogens with zero attached hydrogens (tertiary/aromatic N) is 4. The molecule has 0 bridgehead atoms. The Labute approximate surface area is 143 Å². The summed E-state index contributed by atoms with van der Waals surface area (Å²) in [5.74, 6) is 0.429. The van der Waals surface area contributed by atoms with Crippen molar-refractivity contribution >= 4 is 17.2 Å². The number of thiazole rings is 1. The highest BCUT2D eigenvalue weighted by Crippen LogP contribution is 2.24. The molecular formula is C17H14N4O2S.